The summed E-state index contributed by atoms with van der Waals surface area (Å²) in [6.45, 7) is 4.54. The minimum absolute atomic E-state index is 0.00910. The molecule has 0 radical (unpaired) electrons. The normalized spacial score (nSPS) is 10.4. The number of anilines is 1. The summed E-state index contributed by atoms with van der Waals surface area (Å²) in [5.41, 5.74) is 1.45. The van der Waals surface area contributed by atoms with Gasteiger partial charge < -0.3 is 10.2 Å². The van der Waals surface area contributed by atoms with E-state index in [1.54, 1.807) is 17.0 Å². The monoisotopic (exact) mass is 310 g/mol. The van der Waals surface area contributed by atoms with Crippen molar-refractivity contribution in [3.8, 4) is 0 Å². The lowest BCUT2D eigenvalue weighted by Gasteiger charge is -2.23. The van der Waals surface area contributed by atoms with Crippen molar-refractivity contribution in [3.63, 3.8) is 0 Å². The minimum atomic E-state index is -0.0735. The van der Waals surface area contributed by atoms with E-state index in [1.807, 2.05) is 62.4 Å². The lowest BCUT2D eigenvalue weighted by atomic mass is 10.1. The van der Waals surface area contributed by atoms with Crippen LogP contribution in [0.3, 0.4) is 0 Å². The Morgan fingerprint density at radius 1 is 0.957 bits per heavy atom. The standard InChI is InChI=1S/C19H22N2O2/c1-15(2)18(22)20-13-14-21(17-11-7-4-8-12-17)19(23)16-9-5-3-6-10-16/h3-12,15H,13-14H2,1-2H3,(H,20,22). The third-order valence-electron chi connectivity index (χ3n) is 3.49. The minimum Gasteiger partial charge on any atom is -0.354 e. The number of amides is 2. The van der Waals surface area contributed by atoms with Crippen LogP contribution in [0.15, 0.2) is 60.7 Å². The maximum Gasteiger partial charge on any atom is 0.258 e. The van der Waals surface area contributed by atoms with E-state index in [-0.39, 0.29) is 17.7 Å². The number of benzene rings is 2. The van der Waals surface area contributed by atoms with Crippen LogP contribution < -0.4 is 10.2 Å². The summed E-state index contributed by atoms with van der Waals surface area (Å²) in [5.74, 6) is -0.147. The fourth-order valence-corrected chi connectivity index (χ4v) is 2.19. The molecule has 0 unspecified atom stereocenters. The number of hydrogen-bond acceptors (Lipinski definition) is 2. The van der Waals surface area contributed by atoms with E-state index in [0.29, 0.717) is 18.7 Å². The van der Waals surface area contributed by atoms with Gasteiger partial charge in [0.05, 0.1) is 0 Å². The van der Waals surface area contributed by atoms with E-state index in [1.165, 1.54) is 0 Å². The SMILES string of the molecule is CC(C)C(=O)NCCN(C(=O)c1ccccc1)c1ccccc1. The molecule has 120 valence electrons. The van der Waals surface area contributed by atoms with Gasteiger partial charge in [-0.25, -0.2) is 0 Å². The quantitative estimate of drug-likeness (QED) is 0.891. The summed E-state index contributed by atoms with van der Waals surface area (Å²) in [4.78, 5) is 26.1. The van der Waals surface area contributed by atoms with Crippen molar-refractivity contribution in [1.29, 1.82) is 0 Å². The van der Waals surface area contributed by atoms with Crippen molar-refractivity contribution in [3.05, 3.63) is 66.2 Å². The molecule has 0 atom stereocenters. The molecular formula is C19H22N2O2. The molecule has 0 spiro atoms. The second kappa shape index (κ2) is 8.13. The van der Waals surface area contributed by atoms with Gasteiger partial charge in [0.15, 0.2) is 0 Å². The Hall–Kier alpha value is -2.62. The molecule has 2 rings (SSSR count). The molecule has 4 nitrogen and oxygen atoms in total. The number of carbonyl (C=O) groups excluding carboxylic acids is 2. The zero-order valence-electron chi connectivity index (χ0n) is 13.5. The summed E-state index contributed by atoms with van der Waals surface area (Å²) in [5, 5.41) is 2.86. The Labute approximate surface area is 137 Å². The van der Waals surface area contributed by atoms with E-state index in [0.717, 1.165) is 5.69 Å². The fraction of sp³-hybridized carbons (Fsp3) is 0.263. The molecule has 1 N–H and O–H groups in total. The van der Waals surface area contributed by atoms with Gasteiger partial charge in [0, 0.05) is 30.3 Å². The molecule has 0 aliphatic rings. The lowest BCUT2D eigenvalue weighted by molar-refractivity contribution is -0.123. The van der Waals surface area contributed by atoms with Crippen molar-refractivity contribution in [2.24, 2.45) is 5.92 Å². The molecule has 2 aromatic carbocycles. The molecule has 0 fully saturated rings. The van der Waals surface area contributed by atoms with Crippen LogP contribution in [-0.2, 0) is 4.79 Å². The number of nitrogens with zero attached hydrogens (tertiary/aromatic N) is 1. The number of rotatable bonds is 6. The molecule has 0 aromatic heterocycles. The van der Waals surface area contributed by atoms with Gasteiger partial charge in [0.2, 0.25) is 5.91 Å². The Morgan fingerprint density at radius 2 is 1.52 bits per heavy atom. The first-order valence-corrected chi connectivity index (χ1v) is 7.79. The Balaban J connectivity index is 2.13. The van der Waals surface area contributed by atoms with E-state index < -0.39 is 0 Å². The van der Waals surface area contributed by atoms with Gasteiger partial charge in [-0.3, -0.25) is 9.59 Å². The van der Waals surface area contributed by atoms with Crippen molar-refractivity contribution < 1.29 is 9.59 Å². The highest BCUT2D eigenvalue weighted by Gasteiger charge is 2.17. The van der Waals surface area contributed by atoms with Gasteiger partial charge in [-0.15, -0.1) is 0 Å². The second-order valence-corrected chi connectivity index (χ2v) is 5.60. The highest BCUT2D eigenvalue weighted by Crippen LogP contribution is 2.16. The highest BCUT2D eigenvalue weighted by atomic mass is 16.2. The van der Waals surface area contributed by atoms with Gasteiger partial charge in [-0.2, -0.15) is 0 Å². The van der Waals surface area contributed by atoms with Gasteiger partial charge in [0.1, 0.15) is 0 Å². The van der Waals surface area contributed by atoms with Crippen LogP contribution in [0.5, 0.6) is 0 Å². The van der Waals surface area contributed by atoms with Crippen molar-refractivity contribution >= 4 is 17.5 Å². The van der Waals surface area contributed by atoms with Crippen LogP contribution in [0.25, 0.3) is 0 Å². The average molecular weight is 310 g/mol. The summed E-state index contributed by atoms with van der Waals surface area (Å²) < 4.78 is 0. The summed E-state index contributed by atoms with van der Waals surface area (Å²) in [6.07, 6.45) is 0. The third-order valence-corrected chi connectivity index (χ3v) is 3.49. The van der Waals surface area contributed by atoms with Crippen molar-refractivity contribution in [2.75, 3.05) is 18.0 Å². The largest absolute Gasteiger partial charge is 0.354 e. The number of para-hydroxylation sites is 1. The molecule has 0 aliphatic heterocycles. The maximum absolute atomic E-state index is 12.8. The van der Waals surface area contributed by atoms with Gasteiger partial charge in [-0.05, 0) is 24.3 Å². The topological polar surface area (TPSA) is 49.4 Å². The maximum atomic E-state index is 12.8. The lowest BCUT2D eigenvalue weighted by Crippen LogP contribution is -2.39. The van der Waals surface area contributed by atoms with Crippen LogP contribution in [0.4, 0.5) is 5.69 Å². The van der Waals surface area contributed by atoms with E-state index in [4.69, 9.17) is 0 Å². The zero-order valence-corrected chi connectivity index (χ0v) is 13.5. The highest BCUT2D eigenvalue weighted by molar-refractivity contribution is 6.06. The Morgan fingerprint density at radius 3 is 2.09 bits per heavy atom. The molecule has 0 aliphatic carbocycles. The number of hydrogen-bond donors (Lipinski definition) is 1. The molecular weight excluding hydrogens is 288 g/mol. The molecule has 4 heteroatoms. The van der Waals surface area contributed by atoms with Gasteiger partial charge in [-0.1, -0.05) is 50.2 Å². The zero-order chi connectivity index (χ0) is 16.7. The molecule has 0 bridgehead atoms. The predicted octanol–water partition coefficient (Wildman–Crippen LogP) is 3.11. The van der Waals surface area contributed by atoms with Crippen LogP contribution in [-0.4, -0.2) is 24.9 Å². The smallest absolute Gasteiger partial charge is 0.258 e. The predicted molar refractivity (Wildman–Crippen MR) is 92.4 cm³/mol. The van der Waals surface area contributed by atoms with Gasteiger partial charge >= 0.3 is 0 Å². The van der Waals surface area contributed by atoms with Crippen molar-refractivity contribution in [1.82, 2.24) is 5.32 Å². The molecule has 0 heterocycles. The Kier molecular flexibility index (Phi) is 5.92. The van der Waals surface area contributed by atoms with E-state index in [9.17, 15) is 9.59 Å². The number of nitrogens with one attached hydrogen (secondary N) is 1. The molecule has 2 amide bonds. The van der Waals surface area contributed by atoms with Crippen LogP contribution in [0, 0.1) is 5.92 Å². The van der Waals surface area contributed by atoms with Crippen LogP contribution in [0.2, 0.25) is 0 Å². The van der Waals surface area contributed by atoms with Crippen LogP contribution in [0.1, 0.15) is 24.2 Å². The first-order valence-electron chi connectivity index (χ1n) is 7.79. The van der Waals surface area contributed by atoms with Crippen LogP contribution >= 0.6 is 0 Å². The Bertz CT molecular complexity index is 639. The fourth-order valence-electron chi connectivity index (χ4n) is 2.19. The molecule has 23 heavy (non-hydrogen) atoms. The number of carbonyl (C=O) groups is 2. The van der Waals surface area contributed by atoms with E-state index >= 15 is 0 Å². The van der Waals surface area contributed by atoms with Gasteiger partial charge in [0.25, 0.3) is 5.91 Å². The molecule has 2 aromatic rings. The summed E-state index contributed by atoms with van der Waals surface area (Å²) >= 11 is 0. The van der Waals surface area contributed by atoms with Crippen molar-refractivity contribution in [2.45, 2.75) is 13.8 Å². The summed E-state index contributed by atoms with van der Waals surface area (Å²) in [7, 11) is 0. The second-order valence-electron chi connectivity index (χ2n) is 5.60. The average Bonchev–Trinajstić information content (AvgIpc) is 2.59. The molecule has 0 saturated heterocycles. The molecule has 0 saturated carbocycles. The van der Waals surface area contributed by atoms with E-state index in [2.05, 4.69) is 5.32 Å². The first-order chi connectivity index (χ1) is 11.1. The third kappa shape index (κ3) is 4.68. The summed E-state index contributed by atoms with van der Waals surface area (Å²) in [6, 6.07) is 18.7. The first kappa shape index (κ1) is 16.7.